The quantitative estimate of drug-likeness (QED) is 0.564. The van der Waals surface area contributed by atoms with Crippen molar-refractivity contribution in [1.82, 2.24) is 9.78 Å². The minimum absolute atomic E-state index is 0.00912. The van der Waals surface area contributed by atoms with E-state index >= 15 is 0 Å². The van der Waals surface area contributed by atoms with Crippen LogP contribution in [0.1, 0.15) is 19.5 Å². The molecule has 0 unspecified atom stereocenters. The molecule has 1 aromatic heterocycles. The third kappa shape index (κ3) is 3.94. The second-order valence-electron chi connectivity index (χ2n) is 5.90. The van der Waals surface area contributed by atoms with Crippen molar-refractivity contribution in [3.63, 3.8) is 0 Å². The first-order valence-electron chi connectivity index (χ1n) is 7.52. The highest BCUT2D eigenvalue weighted by atomic mass is 19.4. The molecule has 142 valence electrons. The van der Waals surface area contributed by atoms with Crippen LogP contribution in [0.15, 0.2) is 18.2 Å². The lowest BCUT2D eigenvalue weighted by Crippen LogP contribution is -2.21. The van der Waals surface area contributed by atoms with Crippen molar-refractivity contribution in [3.05, 3.63) is 35.5 Å². The number of aromatic nitrogens is 2. The van der Waals surface area contributed by atoms with Gasteiger partial charge in [0.1, 0.15) is 17.3 Å². The predicted molar refractivity (Wildman–Crippen MR) is 83.1 cm³/mol. The number of rotatable bonds is 6. The summed E-state index contributed by atoms with van der Waals surface area (Å²) < 4.78 is 73.5. The number of ether oxygens (including phenoxy) is 1. The molecule has 1 aromatic carbocycles. The minimum Gasteiger partial charge on any atom is -0.476 e. The number of aryl methyl sites for hydroxylation is 1. The predicted octanol–water partition coefficient (Wildman–Crippen LogP) is 4.05. The second-order valence-corrected chi connectivity index (χ2v) is 5.90. The molecule has 10 heteroatoms. The fraction of sp³-hybridized carbons (Fsp3) is 0.375. The summed E-state index contributed by atoms with van der Waals surface area (Å²) in [4.78, 5) is 11.9. The topological polar surface area (TPSA) is 47.4 Å². The molecule has 26 heavy (non-hydrogen) atoms. The maximum atomic E-state index is 14.1. The fourth-order valence-corrected chi connectivity index (χ4v) is 2.22. The van der Waals surface area contributed by atoms with E-state index in [4.69, 9.17) is 4.74 Å². The SMILES string of the molecule is CC(C)COc1c(N(C=O)c2ccc(F)cc2F)c(C(F)(F)F)nn1C. The normalized spacial score (nSPS) is 11.7. The number of hydrogen-bond acceptors (Lipinski definition) is 3. The smallest absolute Gasteiger partial charge is 0.437 e. The zero-order chi connectivity index (χ0) is 19.6. The van der Waals surface area contributed by atoms with Gasteiger partial charge in [0.15, 0.2) is 5.69 Å². The van der Waals surface area contributed by atoms with Gasteiger partial charge in [0, 0.05) is 13.1 Å². The lowest BCUT2D eigenvalue weighted by molar-refractivity contribution is -0.140. The average Bonchev–Trinajstić information content (AvgIpc) is 2.85. The van der Waals surface area contributed by atoms with E-state index in [-0.39, 0.29) is 24.8 Å². The van der Waals surface area contributed by atoms with Crippen molar-refractivity contribution in [2.75, 3.05) is 11.5 Å². The number of benzene rings is 1. The summed E-state index contributed by atoms with van der Waals surface area (Å²) in [7, 11) is 1.21. The van der Waals surface area contributed by atoms with Gasteiger partial charge in [0.2, 0.25) is 12.3 Å². The van der Waals surface area contributed by atoms with Crippen LogP contribution in [0.4, 0.5) is 33.3 Å². The van der Waals surface area contributed by atoms with Crippen molar-refractivity contribution in [3.8, 4) is 5.88 Å². The lowest BCUT2D eigenvalue weighted by Gasteiger charge is -2.21. The first-order valence-corrected chi connectivity index (χ1v) is 7.52. The van der Waals surface area contributed by atoms with Gasteiger partial charge < -0.3 is 4.74 Å². The van der Waals surface area contributed by atoms with Crippen LogP contribution in [0, 0.1) is 17.6 Å². The highest BCUT2D eigenvalue weighted by Crippen LogP contribution is 2.44. The molecular formula is C16H16F5N3O2. The van der Waals surface area contributed by atoms with E-state index < -0.39 is 34.9 Å². The summed E-state index contributed by atoms with van der Waals surface area (Å²) in [6, 6.07) is 2.15. The van der Waals surface area contributed by atoms with E-state index in [1.165, 1.54) is 7.05 Å². The van der Waals surface area contributed by atoms with Crippen LogP contribution >= 0.6 is 0 Å². The van der Waals surface area contributed by atoms with Crippen LogP contribution in [-0.4, -0.2) is 22.8 Å². The first kappa shape index (κ1) is 19.7. The third-order valence-electron chi connectivity index (χ3n) is 3.31. The molecular weight excluding hydrogens is 361 g/mol. The monoisotopic (exact) mass is 377 g/mol. The third-order valence-corrected chi connectivity index (χ3v) is 3.31. The zero-order valence-corrected chi connectivity index (χ0v) is 14.1. The Morgan fingerprint density at radius 1 is 1.31 bits per heavy atom. The molecule has 2 rings (SSSR count). The molecule has 0 aliphatic heterocycles. The van der Waals surface area contributed by atoms with Crippen molar-refractivity contribution in [2.45, 2.75) is 20.0 Å². The molecule has 1 heterocycles. The number of carbonyl (C=O) groups is 1. The van der Waals surface area contributed by atoms with E-state index in [1.807, 2.05) is 0 Å². The number of halogens is 5. The van der Waals surface area contributed by atoms with Crippen LogP contribution in [0.3, 0.4) is 0 Å². The van der Waals surface area contributed by atoms with Crippen molar-refractivity contribution in [1.29, 1.82) is 0 Å². The molecule has 5 nitrogen and oxygen atoms in total. The summed E-state index contributed by atoms with van der Waals surface area (Å²) >= 11 is 0. The Hall–Kier alpha value is -2.65. The van der Waals surface area contributed by atoms with Crippen LogP contribution in [0.2, 0.25) is 0 Å². The molecule has 0 saturated carbocycles. The Morgan fingerprint density at radius 2 is 1.96 bits per heavy atom. The number of carbonyl (C=O) groups excluding carboxylic acids is 1. The van der Waals surface area contributed by atoms with Crippen LogP contribution in [0.5, 0.6) is 5.88 Å². The summed E-state index contributed by atoms with van der Waals surface area (Å²) in [5.74, 6) is -2.53. The molecule has 0 fully saturated rings. The highest BCUT2D eigenvalue weighted by molar-refractivity contribution is 5.90. The summed E-state index contributed by atoms with van der Waals surface area (Å²) in [6.45, 7) is 3.60. The first-order chi connectivity index (χ1) is 12.1. The molecule has 2 aromatic rings. The van der Waals surface area contributed by atoms with Crippen LogP contribution in [0.25, 0.3) is 0 Å². The summed E-state index contributed by atoms with van der Waals surface area (Å²) in [6.07, 6.45) is -4.94. The van der Waals surface area contributed by atoms with Gasteiger partial charge in [-0.15, -0.1) is 0 Å². The number of alkyl halides is 3. The number of hydrogen-bond donors (Lipinski definition) is 0. The zero-order valence-electron chi connectivity index (χ0n) is 14.1. The van der Waals surface area contributed by atoms with E-state index in [0.717, 1.165) is 16.8 Å². The Bertz CT molecular complexity index is 802. The van der Waals surface area contributed by atoms with Crippen LogP contribution in [-0.2, 0) is 18.0 Å². The van der Waals surface area contributed by atoms with Gasteiger partial charge >= 0.3 is 6.18 Å². The number of amides is 1. The molecule has 0 spiro atoms. The van der Waals surface area contributed by atoms with Gasteiger partial charge in [0.05, 0.1) is 12.3 Å². The van der Waals surface area contributed by atoms with Gasteiger partial charge in [-0.2, -0.15) is 18.3 Å². The van der Waals surface area contributed by atoms with Crippen molar-refractivity contribution >= 4 is 17.8 Å². The standard InChI is InChI=1S/C16H16F5N3O2/c1-9(2)7-26-15-13(14(16(19,20)21)22-23(15)3)24(8-25)12-5-4-10(17)6-11(12)18/h4-6,8-9H,7H2,1-3H3. The molecule has 0 aliphatic rings. The summed E-state index contributed by atoms with van der Waals surface area (Å²) in [5.41, 5.74) is -2.75. The van der Waals surface area contributed by atoms with Crippen LogP contribution < -0.4 is 9.64 Å². The highest BCUT2D eigenvalue weighted by Gasteiger charge is 2.42. The number of nitrogens with zero attached hydrogens (tertiary/aromatic N) is 3. The molecule has 0 radical (unpaired) electrons. The minimum atomic E-state index is -4.93. The van der Waals surface area contributed by atoms with E-state index in [9.17, 15) is 26.7 Å². The summed E-state index contributed by atoms with van der Waals surface area (Å²) in [5, 5.41) is 3.37. The fourth-order valence-electron chi connectivity index (χ4n) is 2.22. The van der Waals surface area contributed by atoms with E-state index in [2.05, 4.69) is 5.10 Å². The van der Waals surface area contributed by atoms with Gasteiger partial charge in [-0.05, 0) is 18.1 Å². The van der Waals surface area contributed by atoms with Crippen molar-refractivity contribution in [2.24, 2.45) is 13.0 Å². The maximum Gasteiger partial charge on any atom is 0.437 e. The molecule has 0 atom stereocenters. The average molecular weight is 377 g/mol. The second kappa shape index (κ2) is 7.30. The maximum absolute atomic E-state index is 14.1. The van der Waals surface area contributed by atoms with Gasteiger partial charge in [-0.1, -0.05) is 13.8 Å². The Balaban J connectivity index is 2.67. The lowest BCUT2D eigenvalue weighted by atomic mass is 10.2. The Labute approximate surface area is 146 Å². The molecule has 0 aliphatic carbocycles. The molecule has 1 amide bonds. The molecule has 0 bridgehead atoms. The van der Waals surface area contributed by atoms with Gasteiger partial charge in [-0.25, -0.2) is 13.5 Å². The van der Waals surface area contributed by atoms with E-state index in [1.54, 1.807) is 13.8 Å². The van der Waals surface area contributed by atoms with Gasteiger partial charge in [-0.3, -0.25) is 9.69 Å². The van der Waals surface area contributed by atoms with Gasteiger partial charge in [0.25, 0.3) is 0 Å². The molecule has 0 saturated heterocycles. The van der Waals surface area contributed by atoms with E-state index in [0.29, 0.717) is 11.0 Å². The largest absolute Gasteiger partial charge is 0.476 e. The molecule has 0 N–H and O–H groups in total. The Morgan fingerprint density at radius 3 is 2.46 bits per heavy atom. The van der Waals surface area contributed by atoms with Crippen molar-refractivity contribution < 1.29 is 31.5 Å². The number of anilines is 2. The Kier molecular flexibility index (Phi) is 5.53.